The smallest absolute Gasteiger partial charge is 0.253 e. The number of hydrogen-bond donors (Lipinski definition) is 2. The Bertz CT molecular complexity index is 1260. The molecular formula is C27H33N3O5S. The van der Waals surface area contributed by atoms with E-state index in [-0.39, 0.29) is 11.7 Å². The molecule has 0 aliphatic carbocycles. The summed E-state index contributed by atoms with van der Waals surface area (Å²) >= 11 is 5.77. The molecule has 192 valence electrons. The number of pyridine rings is 1. The molecule has 4 rings (SSSR count). The largest absolute Gasteiger partial charge is 0.497 e. The first kappa shape index (κ1) is 25.8. The van der Waals surface area contributed by atoms with E-state index in [2.05, 4.69) is 10.3 Å². The van der Waals surface area contributed by atoms with Gasteiger partial charge in [0.15, 0.2) is 16.6 Å². The molecule has 1 atom stereocenters. The summed E-state index contributed by atoms with van der Waals surface area (Å²) in [7, 11) is 4.85. The number of benzene rings is 2. The lowest BCUT2D eigenvalue weighted by Crippen LogP contribution is -2.43. The molecule has 1 aromatic heterocycles. The number of aromatic nitrogens is 1. The maximum Gasteiger partial charge on any atom is 0.253 e. The molecule has 3 aromatic rings. The van der Waals surface area contributed by atoms with Gasteiger partial charge >= 0.3 is 0 Å². The summed E-state index contributed by atoms with van der Waals surface area (Å²) < 4.78 is 21.8. The number of nitrogens with zero attached hydrogens (tertiary/aromatic N) is 1. The van der Waals surface area contributed by atoms with Gasteiger partial charge in [0.25, 0.3) is 5.56 Å². The number of hydrogen-bond acceptors (Lipinski definition) is 6. The Morgan fingerprint density at radius 3 is 2.67 bits per heavy atom. The fourth-order valence-electron chi connectivity index (χ4n) is 4.35. The van der Waals surface area contributed by atoms with E-state index in [9.17, 15) is 4.79 Å². The topological polar surface area (TPSA) is 85.0 Å². The maximum atomic E-state index is 12.9. The Morgan fingerprint density at radius 1 is 1.11 bits per heavy atom. The second-order valence-corrected chi connectivity index (χ2v) is 9.15. The Morgan fingerprint density at radius 2 is 1.94 bits per heavy atom. The standard InChI is InChI=1S/C27H33N3O5S/c1-32-21-8-7-19-14-20(26(31)29-23(19)15-21)17-30(27(36)28-16-22-5-4-12-35-22)11-10-18-6-9-24(33-2)25(13-18)34-3/h6-9,13-15,22H,4-5,10-12,16-17H2,1-3H3,(H,28,36)(H,29,31). The lowest BCUT2D eigenvalue weighted by atomic mass is 10.1. The van der Waals surface area contributed by atoms with Crippen LogP contribution in [0.5, 0.6) is 17.2 Å². The number of thiocarbonyl (C=S) groups is 1. The van der Waals surface area contributed by atoms with Gasteiger partial charge in [-0.3, -0.25) is 4.79 Å². The van der Waals surface area contributed by atoms with Crippen LogP contribution in [0.2, 0.25) is 0 Å². The van der Waals surface area contributed by atoms with Crippen molar-refractivity contribution < 1.29 is 18.9 Å². The minimum absolute atomic E-state index is 0.145. The summed E-state index contributed by atoms with van der Waals surface area (Å²) in [5, 5.41) is 4.88. The molecule has 9 heteroatoms. The van der Waals surface area contributed by atoms with Gasteiger partial charge in [-0.2, -0.15) is 0 Å². The highest BCUT2D eigenvalue weighted by atomic mass is 32.1. The molecule has 1 unspecified atom stereocenters. The van der Waals surface area contributed by atoms with Crippen molar-refractivity contribution in [2.75, 3.05) is 41.0 Å². The SMILES string of the molecule is COc1ccc2cc(CN(CCc3ccc(OC)c(OC)c3)C(=S)NCC3CCCO3)c(=O)[nH]c2c1. The molecule has 1 saturated heterocycles. The molecule has 1 aliphatic rings. The molecular weight excluding hydrogens is 478 g/mol. The Hall–Kier alpha value is -3.30. The highest BCUT2D eigenvalue weighted by Gasteiger charge is 2.19. The summed E-state index contributed by atoms with van der Waals surface area (Å²) in [6.45, 7) is 2.44. The number of ether oxygens (including phenoxy) is 4. The predicted molar refractivity (Wildman–Crippen MR) is 144 cm³/mol. The summed E-state index contributed by atoms with van der Waals surface area (Å²) in [4.78, 5) is 18.0. The summed E-state index contributed by atoms with van der Waals surface area (Å²) in [5.41, 5.74) is 2.31. The zero-order valence-corrected chi connectivity index (χ0v) is 21.8. The van der Waals surface area contributed by atoms with Crippen LogP contribution in [0.3, 0.4) is 0 Å². The van der Waals surface area contributed by atoms with Crippen LogP contribution < -0.4 is 25.1 Å². The molecule has 0 spiro atoms. The predicted octanol–water partition coefficient (Wildman–Crippen LogP) is 3.65. The van der Waals surface area contributed by atoms with E-state index in [4.69, 9.17) is 31.2 Å². The molecule has 1 aliphatic heterocycles. The van der Waals surface area contributed by atoms with Gasteiger partial charge < -0.3 is 34.1 Å². The van der Waals surface area contributed by atoms with Gasteiger partial charge in [-0.05, 0) is 72.8 Å². The molecule has 0 radical (unpaired) electrons. The van der Waals surface area contributed by atoms with Crippen molar-refractivity contribution in [3.8, 4) is 17.2 Å². The summed E-state index contributed by atoms with van der Waals surface area (Å²) in [5.74, 6) is 2.06. The van der Waals surface area contributed by atoms with Crippen LogP contribution in [0.25, 0.3) is 10.9 Å². The third-order valence-corrected chi connectivity index (χ3v) is 6.80. The van der Waals surface area contributed by atoms with Gasteiger partial charge in [-0.25, -0.2) is 0 Å². The second-order valence-electron chi connectivity index (χ2n) is 8.76. The first-order valence-corrected chi connectivity index (χ1v) is 12.5. The fourth-order valence-corrected chi connectivity index (χ4v) is 4.59. The summed E-state index contributed by atoms with van der Waals surface area (Å²) in [6.07, 6.45) is 2.97. The van der Waals surface area contributed by atoms with Crippen LogP contribution in [0.1, 0.15) is 24.0 Å². The summed E-state index contributed by atoms with van der Waals surface area (Å²) in [6, 6.07) is 13.4. The molecule has 0 amide bonds. The van der Waals surface area contributed by atoms with Crippen LogP contribution in [-0.2, 0) is 17.7 Å². The van der Waals surface area contributed by atoms with Gasteiger partial charge in [-0.1, -0.05) is 6.07 Å². The van der Waals surface area contributed by atoms with Gasteiger partial charge in [0, 0.05) is 31.3 Å². The van der Waals surface area contributed by atoms with Crippen molar-refractivity contribution in [3.05, 3.63) is 63.9 Å². The van der Waals surface area contributed by atoms with Crippen molar-refractivity contribution in [3.63, 3.8) is 0 Å². The van der Waals surface area contributed by atoms with E-state index in [0.717, 1.165) is 35.9 Å². The molecule has 2 aromatic carbocycles. The molecule has 1 fully saturated rings. The van der Waals surface area contributed by atoms with Crippen molar-refractivity contribution in [2.45, 2.75) is 31.9 Å². The minimum Gasteiger partial charge on any atom is -0.497 e. The van der Waals surface area contributed by atoms with Gasteiger partial charge in [0.1, 0.15) is 5.75 Å². The van der Waals surface area contributed by atoms with Crippen LogP contribution in [0, 0.1) is 0 Å². The van der Waals surface area contributed by atoms with Crippen LogP contribution in [0.15, 0.2) is 47.3 Å². The monoisotopic (exact) mass is 511 g/mol. The first-order chi connectivity index (χ1) is 17.5. The number of methoxy groups -OCH3 is 3. The minimum atomic E-state index is -0.145. The van der Waals surface area contributed by atoms with E-state index >= 15 is 0 Å². The van der Waals surface area contributed by atoms with Crippen molar-refractivity contribution in [1.82, 2.24) is 15.2 Å². The molecule has 0 saturated carbocycles. The average Bonchev–Trinajstić information content (AvgIpc) is 3.43. The van der Waals surface area contributed by atoms with E-state index in [1.54, 1.807) is 21.3 Å². The van der Waals surface area contributed by atoms with E-state index in [0.29, 0.717) is 54.0 Å². The molecule has 2 heterocycles. The zero-order valence-electron chi connectivity index (χ0n) is 21.0. The molecule has 0 bridgehead atoms. The highest BCUT2D eigenvalue weighted by Crippen LogP contribution is 2.28. The normalized spacial score (nSPS) is 15.0. The second kappa shape index (κ2) is 12.1. The average molecular weight is 512 g/mol. The van der Waals surface area contributed by atoms with Crippen LogP contribution in [0.4, 0.5) is 0 Å². The zero-order chi connectivity index (χ0) is 25.5. The number of rotatable bonds is 10. The molecule has 8 nitrogen and oxygen atoms in total. The van der Waals surface area contributed by atoms with Gasteiger partial charge in [0.2, 0.25) is 0 Å². The number of aromatic amines is 1. The first-order valence-electron chi connectivity index (χ1n) is 12.1. The van der Waals surface area contributed by atoms with Crippen molar-refractivity contribution in [1.29, 1.82) is 0 Å². The van der Waals surface area contributed by atoms with Crippen molar-refractivity contribution in [2.24, 2.45) is 0 Å². The Balaban J connectivity index is 1.53. The Labute approximate surface area is 216 Å². The fraction of sp³-hybridized carbons (Fsp3) is 0.407. The van der Waals surface area contributed by atoms with E-state index in [1.165, 1.54) is 0 Å². The number of fused-ring (bicyclic) bond motifs is 1. The lowest BCUT2D eigenvalue weighted by Gasteiger charge is -2.27. The number of H-pyrrole nitrogens is 1. The lowest BCUT2D eigenvalue weighted by molar-refractivity contribution is 0.113. The quantitative estimate of drug-likeness (QED) is 0.399. The molecule has 36 heavy (non-hydrogen) atoms. The molecule has 2 N–H and O–H groups in total. The highest BCUT2D eigenvalue weighted by molar-refractivity contribution is 7.80. The van der Waals surface area contributed by atoms with Crippen LogP contribution in [-0.4, -0.2) is 62.1 Å². The third kappa shape index (κ3) is 6.27. The van der Waals surface area contributed by atoms with Gasteiger partial charge in [0.05, 0.1) is 39.5 Å². The number of nitrogens with one attached hydrogen (secondary N) is 2. The van der Waals surface area contributed by atoms with Crippen LogP contribution >= 0.6 is 12.2 Å². The Kier molecular flexibility index (Phi) is 8.66. The van der Waals surface area contributed by atoms with E-state index in [1.807, 2.05) is 47.4 Å². The maximum absolute atomic E-state index is 12.9. The van der Waals surface area contributed by atoms with Crippen molar-refractivity contribution >= 4 is 28.2 Å². The van der Waals surface area contributed by atoms with E-state index < -0.39 is 0 Å². The van der Waals surface area contributed by atoms with Gasteiger partial charge in [-0.15, -0.1) is 0 Å². The third-order valence-electron chi connectivity index (χ3n) is 6.40.